The molecule has 3 rings (SSSR count). The minimum atomic E-state index is -0.268. The molecule has 3 amide bonds. The highest BCUT2D eigenvalue weighted by atomic mass is 16.5. The molecule has 1 aromatic rings. The van der Waals surface area contributed by atoms with Crippen LogP contribution < -0.4 is 5.32 Å². The van der Waals surface area contributed by atoms with Crippen molar-refractivity contribution >= 4 is 17.7 Å². The average molecular weight is 387 g/mol. The number of ether oxygens (including phenoxy) is 1. The molecule has 7 nitrogen and oxygen atoms in total. The molecule has 7 heteroatoms. The number of hydrogen-bond donors (Lipinski definition) is 1. The van der Waals surface area contributed by atoms with Gasteiger partial charge in [-0.25, -0.2) is 0 Å². The van der Waals surface area contributed by atoms with Gasteiger partial charge in [0.15, 0.2) is 0 Å². The van der Waals surface area contributed by atoms with Crippen molar-refractivity contribution < 1.29 is 19.1 Å². The highest BCUT2D eigenvalue weighted by Gasteiger charge is 2.34. The van der Waals surface area contributed by atoms with E-state index in [4.69, 9.17) is 4.74 Å². The summed E-state index contributed by atoms with van der Waals surface area (Å²) in [6, 6.07) is 5.28. The van der Waals surface area contributed by atoms with Crippen LogP contribution in [0.2, 0.25) is 0 Å². The lowest BCUT2D eigenvalue weighted by Crippen LogP contribution is -2.47. The Labute approximate surface area is 166 Å². The van der Waals surface area contributed by atoms with Crippen LogP contribution in [-0.2, 0) is 9.53 Å². The van der Waals surface area contributed by atoms with E-state index in [0.29, 0.717) is 30.5 Å². The van der Waals surface area contributed by atoms with E-state index in [0.717, 1.165) is 25.2 Å². The molecule has 0 aliphatic carbocycles. The summed E-state index contributed by atoms with van der Waals surface area (Å²) in [5.74, 6) is -0.586. The summed E-state index contributed by atoms with van der Waals surface area (Å²) in [4.78, 5) is 40.4. The van der Waals surface area contributed by atoms with Crippen LogP contribution in [0, 0.1) is 6.92 Å². The van der Waals surface area contributed by atoms with Crippen molar-refractivity contribution in [3.05, 3.63) is 34.9 Å². The third-order valence-electron chi connectivity index (χ3n) is 5.16. The van der Waals surface area contributed by atoms with Crippen molar-refractivity contribution in [2.75, 3.05) is 32.7 Å². The lowest BCUT2D eigenvalue weighted by molar-refractivity contribution is -0.121. The van der Waals surface area contributed by atoms with Crippen molar-refractivity contribution in [1.29, 1.82) is 0 Å². The molecule has 0 aromatic heterocycles. The van der Waals surface area contributed by atoms with Gasteiger partial charge in [0.2, 0.25) is 5.91 Å². The summed E-state index contributed by atoms with van der Waals surface area (Å²) in [7, 11) is 0. The van der Waals surface area contributed by atoms with E-state index in [-0.39, 0.29) is 36.5 Å². The van der Waals surface area contributed by atoms with E-state index >= 15 is 0 Å². The molecule has 2 heterocycles. The number of imide groups is 1. The maximum Gasteiger partial charge on any atom is 0.261 e. The van der Waals surface area contributed by atoms with E-state index in [1.54, 1.807) is 12.1 Å². The van der Waals surface area contributed by atoms with E-state index in [1.807, 2.05) is 13.0 Å². The summed E-state index contributed by atoms with van der Waals surface area (Å²) >= 11 is 0. The number of aryl methyl sites for hydroxylation is 1. The number of fused-ring (bicyclic) bond motifs is 1. The van der Waals surface area contributed by atoms with Gasteiger partial charge in [0.25, 0.3) is 11.8 Å². The third-order valence-corrected chi connectivity index (χ3v) is 5.16. The summed E-state index contributed by atoms with van der Waals surface area (Å²) in [5, 5.41) is 2.92. The molecule has 0 bridgehead atoms. The van der Waals surface area contributed by atoms with Crippen molar-refractivity contribution in [2.24, 2.45) is 0 Å². The molecule has 1 saturated heterocycles. The second-order valence-electron chi connectivity index (χ2n) is 7.78. The smallest absolute Gasteiger partial charge is 0.261 e. The molecular weight excluding hydrogens is 358 g/mol. The molecule has 0 radical (unpaired) electrons. The lowest BCUT2D eigenvalue weighted by atomic mass is 10.1. The maximum atomic E-state index is 12.4. The van der Waals surface area contributed by atoms with Crippen LogP contribution in [0.25, 0.3) is 0 Å². The summed E-state index contributed by atoms with van der Waals surface area (Å²) in [6.07, 6.45) is 1.18. The molecule has 0 saturated carbocycles. The van der Waals surface area contributed by atoms with Gasteiger partial charge in [0.05, 0.1) is 23.3 Å². The molecule has 2 atom stereocenters. The molecule has 1 aromatic carbocycles. The van der Waals surface area contributed by atoms with Gasteiger partial charge < -0.3 is 10.1 Å². The number of carbonyl (C=O) groups is 3. The SMILES string of the molecule is Cc1ccc2c(c1)C(=O)N(CCCC(=O)NCCN1CC(C)OC(C)C1)C2=O. The molecular formula is C21H29N3O4. The minimum Gasteiger partial charge on any atom is -0.373 e. The van der Waals surface area contributed by atoms with Crippen LogP contribution >= 0.6 is 0 Å². The zero-order valence-electron chi connectivity index (χ0n) is 16.9. The Morgan fingerprint density at radius 2 is 1.79 bits per heavy atom. The number of rotatable bonds is 7. The van der Waals surface area contributed by atoms with Crippen LogP contribution in [0.1, 0.15) is 53.0 Å². The second kappa shape index (κ2) is 8.84. The molecule has 2 aliphatic rings. The van der Waals surface area contributed by atoms with Gasteiger partial charge >= 0.3 is 0 Å². The first kappa shape index (κ1) is 20.5. The normalized spacial score (nSPS) is 22.5. The van der Waals surface area contributed by atoms with Crippen LogP contribution in [0.15, 0.2) is 18.2 Å². The molecule has 2 unspecified atom stereocenters. The first-order valence-corrected chi connectivity index (χ1v) is 9.96. The lowest BCUT2D eigenvalue weighted by Gasteiger charge is -2.35. The zero-order chi connectivity index (χ0) is 20.3. The fourth-order valence-electron chi connectivity index (χ4n) is 3.91. The maximum absolute atomic E-state index is 12.4. The van der Waals surface area contributed by atoms with Crippen molar-refractivity contribution in [3.8, 4) is 0 Å². The first-order chi connectivity index (χ1) is 13.3. The van der Waals surface area contributed by atoms with Crippen LogP contribution in [0.4, 0.5) is 0 Å². The van der Waals surface area contributed by atoms with Gasteiger partial charge in [-0.3, -0.25) is 24.2 Å². The summed E-state index contributed by atoms with van der Waals surface area (Å²) < 4.78 is 5.70. The Bertz CT molecular complexity index is 754. The Balaban J connectivity index is 1.38. The fraction of sp³-hybridized carbons (Fsp3) is 0.571. The van der Waals surface area contributed by atoms with E-state index in [1.165, 1.54) is 4.90 Å². The van der Waals surface area contributed by atoms with Crippen molar-refractivity contribution in [1.82, 2.24) is 15.1 Å². The van der Waals surface area contributed by atoms with E-state index < -0.39 is 0 Å². The molecule has 0 spiro atoms. The Morgan fingerprint density at radius 1 is 1.11 bits per heavy atom. The highest BCUT2D eigenvalue weighted by Crippen LogP contribution is 2.24. The predicted molar refractivity (Wildman–Crippen MR) is 105 cm³/mol. The number of amides is 3. The fourth-order valence-corrected chi connectivity index (χ4v) is 3.91. The van der Waals surface area contributed by atoms with Gasteiger partial charge in [0, 0.05) is 39.1 Å². The predicted octanol–water partition coefficient (Wildman–Crippen LogP) is 1.60. The van der Waals surface area contributed by atoms with Gasteiger partial charge in [-0.2, -0.15) is 0 Å². The molecule has 152 valence electrons. The van der Waals surface area contributed by atoms with Crippen LogP contribution in [0.5, 0.6) is 0 Å². The van der Waals surface area contributed by atoms with Gasteiger partial charge in [-0.05, 0) is 39.3 Å². The standard InChI is InChI=1S/C21H29N3O4/c1-14-6-7-17-18(11-14)21(27)24(20(17)26)9-4-5-19(25)22-8-10-23-12-15(2)28-16(3)13-23/h6-7,11,15-16H,4-5,8-10,12-13H2,1-3H3,(H,22,25). The number of hydrogen-bond acceptors (Lipinski definition) is 5. The number of nitrogens with one attached hydrogen (secondary N) is 1. The molecule has 2 aliphatic heterocycles. The summed E-state index contributed by atoms with van der Waals surface area (Å²) in [5.41, 5.74) is 1.86. The third kappa shape index (κ3) is 4.77. The monoisotopic (exact) mass is 387 g/mol. The molecule has 28 heavy (non-hydrogen) atoms. The molecule has 1 fully saturated rings. The quantitative estimate of drug-likeness (QED) is 0.719. The van der Waals surface area contributed by atoms with E-state index in [2.05, 4.69) is 24.1 Å². The Morgan fingerprint density at radius 3 is 2.50 bits per heavy atom. The van der Waals surface area contributed by atoms with Gasteiger partial charge in [0.1, 0.15) is 0 Å². The topological polar surface area (TPSA) is 79.0 Å². The van der Waals surface area contributed by atoms with Crippen molar-refractivity contribution in [2.45, 2.75) is 45.8 Å². The number of nitrogens with zero attached hydrogens (tertiary/aromatic N) is 2. The Hall–Kier alpha value is -2.25. The number of benzene rings is 1. The zero-order valence-corrected chi connectivity index (χ0v) is 16.9. The van der Waals surface area contributed by atoms with E-state index in [9.17, 15) is 14.4 Å². The average Bonchev–Trinajstić information content (AvgIpc) is 2.85. The second-order valence-corrected chi connectivity index (χ2v) is 7.78. The number of carbonyl (C=O) groups excluding carboxylic acids is 3. The highest BCUT2D eigenvalue weighted by molar-refractivity contribution is 6.21. The summed E-state index contributed by atoms with van der Waals surface area (Å²) in [6.45, 7) is 9.40. The number of morpholine rings is 1. The Kier molecular flexibility index (Phi) is 6.46. The van der Waals surface area contributed by atoms with Crippen LogP contribution in [0.3, 0.4) is 0 Å². The van der Waals surface area contributed by atoms with Gasteiger partial charge in [-0.15, -0.1) is 0 Å². The largest absolute Gasteiger partial charge is 0.373 e. The molecule has 1 N–H and O–H groups in total. The van der Waals surface area contributed by atoms with Gasteiger partial charge in [-0.1, -0.05) is 11.6 Å². The van der Waals surface area contributed by atoms with Crippen LogP contribution in [-0.4, -0.2) is 72.5 Å². The minimum absolute atomic E-state index is 0.0539. The first-order valence-electron chi connectivity index (χ1n) is 9.96. The van der Waals surface area contributed by atoms with Crippen molar-refractivity contribution in [3.63, 3.8) is 0 Å².